The molecule has 0 N–H and O–H groups in total. The van der Waals surface area contributed by atoms with Gasteiger partial charge < -0.3 is 9.47 Å². The molecule has 0 saturated carbocycles. The Bertz CT molecular complexity index is 1020. The zero-order valence-electron chi connectivity index (χ0n) is 16.5. The normalized spacial score (nSPS) is 16.4. The first-order valence-corrected chi connectivity index (χ1v) is 12.7. The lowest BCUT2D eigenvalue weighted by atomic mass is 10.2. The van der Waals surface area contributed by atoms with Crippen LogP contribution in [0.3, 0.4) is 0 Å². The molecule has 7 nitrogen and oxygen atoms in total. The van der Waals surface area contributed by atoms with Gasteiger partial charge in [0.05, 0.1) is 10.6 Å². The monoisotopic (exact) mass is 500 g/mol. The van der Waals surface area contributed by atoms with Crippen LogP contribution in [0.4, 0.5) is 0 Å². The summed E-state index contributed by atoms with van der Waals surface area (Å²) in [6.07, 6.45) is 0.0131. The molecule has 1 aliphatic rings. The highest BCUT2D eigenvalue weighted by atomic mass is 79.9. The van der Waals surface area contributed by atoms with Gasteiger partial charge in [0.2, 0.25) is 5.91 Å². The lowest BCUT2D eigenvalue weighted by molar-refractivity contribution is -0.132. The molecular formula is C19H25BrN4O3S2. The number of carbonyl (C=O) groups excluding carboxylic acids is 1. The Morgan fingerprint density at radius 2 is 1.83 bits per heavy atom. The van der Waals surface area contributed by atoms with E-state index < -0.39 is 9.84 Å². The van der Waals surface area contributed by atoms with Crippen LogP contribution in [0.5, 0.6) is 0 Å². The molecule has 1 aliphatic heterocycles. The fourth-order valence-corrected chi connectivity index (χ4v) is 5.62. The van der Waals surface area contributed by atoms with Gasteiger partial charge >= 0.3 is 0 Å². The minimum absolute atomic E-state index is 0.0131. The van der Waals surface area contributed by atoms with Gasteiger partial charge in [0.25, 0.3) is 0 Å². The van der Waals surface area contributed by atoms with Crippen molar-refractivity contribution in [3.05, 3.63) is 44.6 Å². The van der Waals surface area contributed by atoms with Crippen LogP contribution in [0.1, 0.15) is 12.1 Å². The Morgan fingerprint density at radius 1 is 1.17 bits per heavy atom. The third-order valence-corrected chi connectivity index (χ3v) is 8.40. The number of aromatic nitrogens is 1. The fraction of sp³-hybridized carbons (Fsp3) is 0.474. The Labute approximate surface area is 183 Å². The van der Waals surface area contributed by atoms with E-state index in [0.717, 1.165) is 28.9 Å². The summed E-state index contributed by atoms with van der Waals surface area (Å²) in [6.45, 7) is 3.62. The largest absolute Gasteiger partial charge is 0.340 e. The topological polar surface area (TPSA) is 75.0 Å². The van der Waals surface area contributed by atoms with E-state index in [4.69, 9.17) is 0 Å². The van der Waals surface area contributed by atoms with Crippen LogP contribution in [0.15, 0.2) is 44.0 Å². The summed E-state index contributed by atoms with van der Waals surface area (Å²) < 4.78 is 27.8. The van der Waals surface area contributed by atoms with Crippen LogP contribution in [0.2, 0.25) is 0 Å². The molecule has 1 amide bonds. The molecule has 0 aliphatic carbocycles. The van der Waals surface area contributed by atoms with Crippen molar-refractivity contribution >= 4 is 43.0 Å². The Kier molecular flexibility index (Phi) is 7.31. The van der Waals surface area contributed by atoms with E-state index in [1.807, 2.05) is 7.05 Å². The molecule has 0 atom stereocenters. The van der Waals surface area contributed by atoms with Crippen molar-refractivity contribution in [2.75, 3.05) is 39.0 Å². The lowest BCUT2D eigenvalue weighted by Crippen LogP contribution is -2.48. The second-order valence-electron chi connectivity index (χ2n) is 6.97. The lowest BCUT2D eigenvalue weighted by Gasteiger charge is -2.34. The number of amides is 1. The predicted molar refractivity (Wildman–Crippen MR) is 117 cm³/mol. The predicted octanol–water partition coefficient (Wildman–Crippen LogP) is 1.89. The first kappa shape index (κ1) is 22.2. The van der Waals surface area contributed by atoms with Gasteiger partial charge in [0.1, 0.15) is 0 Å². The van der Waals surface area contributed by atoms with Gasteiger partial charge in [-0.25, -0.2) is 8.42 Å². The zero-order valence-corrected chi connectivity index (χ0v) is 19.8. The maximum atomic E-state index is 12.5. The van der Waals surface area contributed by atoms with Gasteiger partial charge in [-0.2, -0.15) is 0 Å². The first-order valence-electron chi connectivity index (χ1n) is 9.35. The Hall–Kier alpha value is -1.49. The number of carbonyl (C=O) groups is 1. The number of sulfone groups is 1. The van der Waals surface area contributed by atoms with E-state index >= 15 is 0 Å². The van der Waals surface area contributed by atoms with E-state index in [9.17, 15) is 13.2 Å². The van der Waals surface area contributed by atoms with Gasteiger partial charge in [-0.1, -0.05) is 15.9 Å². The molecule has 3 rings (SSSR count). The van der Waals surface area contributed by atoms with Crippen molar-refractivity contribution in [3.63, 3.8) is 0 Å². The Morgan fingerprint density at radius 3 is 2.41 bits per heavy atom. The number of piperazine rings is 1. The van der Waals surface area contributed by atoms with Crippen LogP contribution in [-0.4, -0.2) is 67.7 Å². The van der Waals surface area contributed by atoms with E-state index in [1.165, 1.54) is 5.69 Å². The summed E-state index contributed by atoms with van der Waals surface area (Å²) in [7, 11) is 0.346. The molecule has 0 bridgehead atoms. The maximum Gasteiger partial charge on any atom is 0.223 e. The average Bonchev–Trinajstić information content (AvgIpc) is 3.06. The summed E-state index contributed by atoms with van der Waals surface area (Å²) >= 11 is 4.92. The minimum atomic E-state index is -3.46. The number of nitrogens with zero attached hydrogens (tertiary/aromatic N) is 4. The van der Waals surface area contributed by atoms with Crippen LogP contribution >= 0.6 is 27.3 Å². The minimum Gasteiger partial charge on any atom is -0.340 e. The summed E-state index contributed by atoms with van der Waals surface area (Å²) in [5.74, 6) is -0.264. The molecule has 1 aromatic heterocycles. The molecule has 1 fully saturated rings. The number of hydrogen-bond acceptors (Lipinski definition) is 6. The quantitative estimate of drug-likeness (QED) is 0.606. The number of thiazole rings is 1. The average molecular weight is 501 g/mol. The first-order chi connectivity index (χ1) is 13.8. The van der Waals surface area contributed by atoms with Gasteiger partial charge in [0.15, 0.2) is 14.6 Å². The molecular weight excluding hydrogens is 476 g/mol. The molecule has 158 valence electrons. The van der Waals surface area contributed by atoms with Crippen molar-refractivity contribution in [3.8, 4) is 0 Å². The number of hydrogen-bond donors (Lipinski definition) is 0. The highest BCUT2D eigenvalue weighted by Gasteiger charge is 2.24. The molecule has 2 heterocycles. The molecule has 1 aromatic carbocycles. The van der Waals surface area contributed by atoms with Crippen molar-refractivity contribution in [1.29, 1.82) is 0 Å². The molecule has 29 heavy (non-hydrogen) atoms. The van der Waals surface area contributed by atoms with Crippen molar-refractivity contribution in [2.24, 2.45) is 12.0 Å². The van der Waals surface area contributed by atoms with Crippen LogP contribution in [0, 0.1) is 0 Å². The maximum absolute atomic E-state index is 12.5. The van der Waals surface area contributed by atoms with Gasteiger partial charge in [-0.3, -0.25) is 14.7 Å². The van der Waals surface area contributed by atoms with Gasteiger partial charge in [-0.05, 0) is 24.3 Å². The summed E-state index contributed by atoms with van der Waals surface area (Å²) in [4.78, 5) is 22.1. The highest BCUT2D eigenvalue weighted by Crippen LogP contribution is 2.17. The van der Waals surface area contributed by atoms with Crippen LogP contribution in [-0.2, 0) is 28.2 Å². The molecule has 2 aromatic rings. The van der Waals surface area contributed by atoms with E-state index in [0.29, 0.717) is 13.1 Å². The standard InChI is InChI=1S/C19H25BrN4O3S2/c1-21-19-22(2)16(14-28-19)13-23-8-10-24(11-9-23)18(25)7-12-29(26,27)17-5-3-15(20)4-6-17/h3-6,14H,7-13H2,1-2H3/b21-19-. The fourth-order valence-electron chi connectivity index (χ4n) is 3.27. The molecule has 0 spiro atoms. The van der Waals surface area contributed by atoms with Crippen molar-refractivity contribution in [2.45, 2.75) is 17.9 Å². The van der Waals surface area contributed by atoms with Crippen molar-refractivity contribution < 1.29 is 13.2 Å². The SMILES string of the molecule is C/N=c1\scc(CN2CCN(C(=O)CCS(=O)(=O)c3ccc(Br)cc3)CC2)n1C. The van der Waals surface area contributed by atoms with E-state index in [-0.39, 0.29) is 23.0 Å². The number of benzene rings is 1. The van der Waals surface area contributed by atoms with E-state index in [1.54, 1.807) is 47.5 Å². The van der Waals surface area contributed by atoms with Crippen LogP contribution < -0.4 is 4.80 Å². The summed E-state index contributed by atoms with van der Waals surface area (Å²) in [5.41, 5.74) is 1.20. The van der Waals surface area contributed by atoms with Gasteiger partial charge in [-0.15, -0.1) is 11.3 Å². The van der Waals surface area contributed by atoms with Crippen molar-refractivity contribution in [1.82, 2.24) is 14.4 Å². The number of rotatable bonds is 6. The molecule has 0 radical (unpaired) electrons. The smallest absolute Gasteiger partial charge is 0.223 e. The Balaban J connectivity index is 1.49. The molecule has 1 saturated heterocycles. The van der Waals surface area contributed by atoms with E-state index in [2.05, 4.69) is 35.8 Å². The third-order valence-electron chi connectivity index (χ3n) is 5.08. The molecule has 0 unspecified atom stereocenters. The zero-order chi connectivity index (χ0) is 21.0. The van der Waals surface area contributed by atoms with Crippen LogP contribution in [0.25, 0.3) is 0 Å². The van der Waals surface area contributed by atoms with Gasteiger partial charge in [0, 0.05) is 68.8 Å². The third kappa shape index (κ3) is 5.56. The summed E-state index contributed by atoms with van der Waals surface area (Å²) in [5, 5.41) is 2.12. The second kappa shape index (κ2) is 9.55. The number of halogens is 1. The second-order valence-corrected chi connectivity index (χ2v) is 10.8. The summed E-state index contributed by atoms with van der Waals surface area (Å²) in [6, 6.07) is 6.51. The molecule has 10 heteroatoms. The highest BCUT2D eigenvalue weighted by molar-refractivity contribution is 9.10.